The normalized spacial score (nSPS) is 22.4. The zero-order valence-electron chi connectivity index (χ0n) is 8.85. The molecule has 1 fully saturated rings. The van der Waals surface area contributed by atoms with Crippen molar-refractivity contribution >= 4 is 0 Å². The van der Waals surface area contributed by atoms with Gasteiger partial charge in [0.25, 0.3) is 0 Å². The molecule has 2 aliphatic heterocycles. The van der Waals surface area contributed by atoms with Gasteiger partial charge < -0.3 is 10.1 Å². The van der Waals surface area contributed by atoms with E-state index in [1.54, 1.807) is 0 Å². The Bertz CT molecular complexity index is 427. The van der Waals surface area contributed by atoms with Crippen molar-refractivity contribution < 1.29 is 13.5 Å². The van der Waals surface area contributed by atoms with E-state index in [4.69, 9.17) is 4.74 Å². The molecule has 1 spiro atoms. The average Bonchev–Trinajstić information content (AvgIpc) is 2.58. The third-order valence-corrected chi connectivity index (χ3v) is 3.51. The predicted octanol–water partition coefficient (Wildman–Crippen LogP) is 2.07. The molecule has 1 aromatic carbocycles. The van der Waals surface area contributed by atoms with Crippen LogP contribution in [0.15, 0.2) is 12.1 Å². The average molecular weight is 225 g/mol. The lowest BCUT2D eigenvalue weighted by Gasteiger charge is -2.34. The number of ether oxygens (including phenoxy) is 1. The van der Waals surface area contributed by atoms with E-state index in [-0.39, 0.29) is 0 Å². The molecule has 2 heterocycles. The summed E-state index contributed by atoms with van der Waals surface area (Å²) in [5.41, 5.74) is 0.730. The van der Waals surface area contributed by atoms with E-state index in [1.807, 2.05) is 0 Å². The van der Waals surface area contributed by atoms with E-state index < -0.39 is 17.2 Å². The van der Waals surface area contributed by atoms with Crippen LogP contribution in [0.2, 0.25) is 0 Å². The number of hydrogen-bond donors (Lipinski definition) is 1. The van der Waals surface area contributed by atoms with Gasteiger partial charge in [0.2, 0.25) is 0 Å². The predicted molar refractivity (Wildman–Crippen MR) is 54.9 cm³/mol. The fraction of sp³-hybridized carbons (Fsp3) is 0.500. The molecule has 4 heteroatoms. The van der Waals surface area contributed by atoms with Crippen molar-refractivity contribution in [3.05, 3.63) is 34.9 Å². The zero-order valence-corrected chi connectivity index (χ0v) is 8.85. The second-order valence-corrected chi connectivity index (χ2v) is 4.45. The number of rotatable bonds is 0. The van der Waals surface area contributed by atoms with Gasteiger partial charge in [-0.25, -0.2) is 8.78 Å². The molecule has 0 radical (unpaired) electrons. The molecule has 0 aromatic heterocycles. The van der Waals surface area contributed by atoms with Crippen LogP contribution in [0.5, 0.6) is 0 Å². The van der Waals surface area contributed by atoms with Crippen LogP contribution >= 0.6 is 0 Å². The van der Waals surface area contributed by atoms with Crippen LogP contribution in [-0.4, -0.2) is 13.1 Å². The van der Waals surface area contributed by atoms with Crippen LogP contribution in [-0.2, 0) is 16.9 Å². The van der Waals surface area contributed by atoms with Gasteiger partial charge in [-0.05, 0) is 37.6 Å². The number of nitrogens with one attached hydrogen (secondary N) is 1. The maximum atomic E-state index is 13.8. The van der Waals surface area contributed by atoms with Gasteiger partial charge in [-0.2, -0.15) is 0 Å². The second-order valence-electron chi connectivity index (χ2n) is 4.45. The summed E-state index contributed by atoms with van der Waals surface area (Å²) in [6.07, 6.45) is 1.51. The fourth-order valence-electron chi connectivity index (χ4n) is 2.76. The summed E-state index contributed by atoms with van der Waals surface area (Å²) >= 11 is 0. The van der Waals surface area contributed by atoms with Gasteiger partial charge in [-0.3, -0.25) is 0 Å². The number of fused-ring (bicyclic) bond motifs is 2. The van der Waals surface area contributed by atoms with Crippen molar-refractivity contribution in [2.24, 2.45) is 0 Å². The largest absolute Gasteiger partial charge is 0.365 e. The molecule has 0 saturated carbocycles. The third kappa shape index (κ3) is 1.37. The van der Waals surface area contributed by atoms with Gasteiger partial charge in [-0.15, -0.1) is 0 Å². The number of benzene rings is 1. The van der Waals surface area contributed by atoms with E-state index in [1.165, 1.54) is 6.07 Å². The molecule has 16 heavy (non-hydrogen) atoms. The lowest BCUT2D eigenvalue weighted by molar-refractivity contribution is -0.0605. The molecule has 1 N–H and O–H groups in total. The van der Waals surface area contributed by atoms with E-state index in [0.717, 1.165) is 32.0 Å². The van der Waals surface area contributed by atoms with Crippen molar-refractivity contribution in [2.45, 2.75) is 25.0 Å². The summed E-state index contributed by atoms with van der Waals surface area (Å²) in [5, 5.41) is 3.22. The van der Waals surface area contributed by atoms with Gasteiger partial charge in [0, 0.05) is 11.6 Å². The minimum Gasteiger partial charge on any atom is -0.365 e. The molecule has 0 atom stereocenters. The highest BCUT2D eigenvalue weighted by molar-refractivity contribution is 5.37. The number of halogens is 2. The SMILES string of the molecule is Fc1cc(F)c2c(c1)COC21CCNCC1. The highest BCUT2D eigenvalue weighted by atomic mass is 19.1. The van der Waals surface area contributed by atoms with Crippen LogP contribution in [0.3, 0.4) is 0 Å². The second kappa shape index (κ2) is 3.50. The molecular weight excluding hydrogens is 212 g/mol. The molecular formula is C12H13F2NO. The van der Waals surface area contributed by atoms with E-state index >= 15 is 0 Å². The smallest absolute Gasteiger partial charge is 0.132 e. The molecule has 0 aliphatic carbocycles. The van der Waals surface area contributed by atoms with Crippen molar-refractivity contribution in [1.29, 1.82) is 0 Å². The van der Waals surface area contributed by atoms with Gasteiger partial charge in [0.1, 0.15) is 11.6 Å². The van der Waals surface area contributed by atoms with Crippen molar-refractivity contribution in [3.63, 3.8) is 0 Å². The quantitative estimate of drug-likeness (QED) is 0.729. The molecule has 0 bridgehead atoms. The maximum Gasteiger partial charge on any atom is 0.132 e. The minimum atomic E-state index is -0.522. The Balaban J connectivity index is 2.10. The Morgan fingerprint density at radius 1 is 1.19 bits per heavy atom. The molecule has 2 aliphatic rings. The standard InChI is InChI=1S/C12H13F2NO/c13-9-5-8-7-16-12(1-3-15-4-2-12)11(8)10(14)6-9/h5-6,15H,1-4,7H2. The first-order chi connectivity index (χ1) is 7.71. The van der Waals surface area contributed by atoms with Gasteiger partial charge in [0.05, 0.1) is 12.2 Å². The highest BCUT2D eigenvalue weighted by Gasteiger charge is 2.43. The van der Waals surface area contributed by atoms with Crippen LogP contribution in [0.25, 0.3) is 0 Å². The highest BCUT2D eigenvalue weighted by Crippen LogP contribution is 2.44. The van der Waals surface area contributed by atoms with Crippen LogP contribution < -0.4 is 5.32 Å². The summed E-state index contributed by atoms with van der Waals surface area (Å²) in [6.45, 7) is 1.95. The van der Waals surface area contributed by atoms with Crippen LogP contribution in [0, 0.1) is 11.6 Å². The number of piperidine rings is 1. The Hall–Kier alpha value is -1.00. The molecule has 2 nitrogen and oxygen atoms in total. The minimum absolute atomic E-state index is 0.323. The first-order valence-corrected chi connectivity index (χ1v) is 5.54. The Morgan fingerprint density at radius 3 is 2.69 bits per heavy atom. The number of hydrogen-bond acceptors (Lipinski definition) is 2. The molecule has 86 valence electrons. The first kappa shape index (κ1) is 10.2. The summed E-state index contributed by atoms with van der Waals surface area (Å²) in [4.78, 5) is 0. The fourth-order valence-corrected chi connectivity index (χ4v) is 2.76. The Kier molecular flexibility index (Phi) is 2.23. The molecule has 3 rings (SSSR count). The van der Waals surface area contributed by atoms with E-state index in [9.17, 15) is 8.78 Å². The summed E-state index contributed by atoms with van der Waals surface area (Å²) in [6, 6.07) is 2.34. The summed E-state index contributed by atoms with van der Waals surface area (Å²) in [7, 11) is 0. The Morgan fingerprint density at radius 2 is 1.94 bits per heavy atom. The van der Waals surface area contributed by atoms with Crippen LogP contribution in [0.1, 0.15) is 24.0 Å². The monoisotopic (exact) mass is 225 g/mol. The van der Waals surface area contributed by atoms with Crippen LogP contribution in [0.4, 0.5) is 8.78 Å². The van der Waals surface area contributed by atoms with Gasteiger partial charge in [0.15, 0.2) is 0 Å². The van der Waals surface area contributed by atoms with Gasteiger partial charge >= 0.3 is 0 Å². The summed E-state index contributed by atoms with van der Waals surface area (Å²) in [5.74, 6) is -0.986. The molecule has 1 saturated heterocycles. The third-order valence-electron chi connectivity index (χ3n) is 3.51. The molecule has 1 aromatic rings. The summed E-state index contributed by atoms with van der Waals surface area (Å²) < 4.78 is 32.7. The van der Waals surface area contributed by atoms with Crippen molar-refractivity contribution in [1.82, 2.24) is 5.32 Å². The topological polar surface area (TPSA) is 21.3 Å². The first-order valence-electron chi connectivity index (χ1n) is 5.54. The lowest BCUT2D eigenvalue weighted by atomic mass is 9.84. The lowest BCUT2D eigenvalue weighted by Crippen LogP contribution is -2.40. The zero-order chi connectivity index (χ0) is 11.2. The molecule has 0 amide bonds. The van der Waals surface area contributed by atoms with Gasteiger partial charge in [-0.1, -0.05) is 0 Å². The van der Waals surface area contributed by atoms with E-state index in [0.29, 0.717) is 17.7 Å². The Labute approximate surface area is 92.6 Å². The molecule has 0 unspecified atom stereocenters. The van der Waals surface area contributed by atoms with Crippen molar-refractivity contribution in [3.8, 4) is 0 Å². The van der Waals surface area contributed by atoms with E-state index in [2.05, 4.69) is 5.32 Å². The maximum absolute atomic E-state index is 13.8. The van der Waals surface area contributed by atoms with Crippen molar-refractivity contribution in [2.75, 3.05) is 13.1 Å².